The van der Waals surface area contributed by atoms with Crippen LogP contribution in [0.5, 0.6) is 0 Å². The van der Waals surface area contributed by atoms with Crippen LogP contribution >= 0.6 is 0 Å². The van der Waals surface area contributed by atoms with E-state index < -0.39 is 5.97 Å². The minimum atomic E-state index is -0.938. The summed E-state index contributed by atoms with van der Waals surface area (Å²) in [6.07, 6.45) is 6.80. The lowest BCUT2D eigenvalue weighted by molar-refractivity contribution is 0.0693. The highest BCUT2D eigenvalue weighted by Gasteiger charge is 2.19. The van der Waals surface area contributed by atoms with E-state index in [0.29, 0.717) is 5.56 Å². The zero-order valence-corrected chi connectivity index (χ0v) is 10.9. The molecule has 0 aliphatic heterocycles. The van der Waals surface area contributed by atoms with E-state index in [9.17, 15) is 9.90 Å². The van der Waals surface area contributed by atoms with Crippen LogP contribution in [0, 0.1) is 19.3 Å². The number of aromatic carboxylic acids is 1. The van der Waals surface area contributed by atoms with E-state index in [4.69, 9.17) is 11.2 Å². The highest BCUT2D eigenvalue weighted by molar-refractivity contribution is 5.91. The Bertz CT molecular complexity index is 664. The first kappa shape index (κ1) is 13.2. The summed E-state index contributed by atoms with van der Waals surface area (Å²) in [6.45, 7) is 3.85. The summed E-state index contributed by atoms with van der Waals surface area (Å²) in [6, 6.07) is 5.40. The average molecular weight is 257 g/mol. The third kappa shape index (κ3) is 2.33. The standard InChI is InChI=1S/C15H15NO3/c1-4-8-19-11(3)14-10(2)13(15(17)18)9-12-6-5-7-16(12)14/h1,5-7,9,11H,8H2,2-3H3,(H,17,18). The maximum atomic E-state index is 11.3. The van der Waals surface area contributed by atoms with E-state index in [1.54, 1.807) is 13.0 Å². The molecule has 0 aromatic carbocycles. The van der Waals surface area contributed by atoms with E-state index in [-0.39, 0.29) is 18.3 Å². The lowest BCUT2D eigenvalue weighted by Crippen LogP contribution is -2.12. The van der Waals surface area contributed by atoms with Gasteiger partial charge in [0, 0.05) is 11.7 Å². The van der Waals surface area contributed by atoms with E-state index in [1.807, 2.05) is 29.7 Å². The molecule has 4 heteroatoms. The quantitative estimate of drug-likeness (QED) is 0.857. The molecule has 0 fully saturated rings. The topological polar surface area (TPSA) is 50.9 Å². The Balaban J connectivity index is 2.62. The van der Waals surface area contributed by atoms with Gasteiger partial charge in [0.15, 0.2) is 0 Å². The molecular weight excluding hydrogens is 242 g/mol. The molecule has 0 bridgehead atoms. The summed E-state index contributed by atoms with van der Waals surface area (Å²) in [5.74, 6) is 1.48. The molecule has 2 heterocycles. The maximum Gasteiger partial charge on any atom is 0.336 e. The summed E-state index contributed by atoms with van der Waals surface area (Å²) in [7, 11) is 0. The van der Waals surface area contributed by atoms with Crippen molar-refractivity contribution >= 4 is 11.5 Å². The third-order valence-corrected chi connectivity index (χ3v) is 3.15. The lowest BCUT2D eigenvalue weighted by atomic mass is 10.0. The summed E-state index contributed by atoms with van der Waals surface area (Å²) in [5, 5.41) is 9.26. The van der Waals surface area contributed by atoms with Crippen molar-refractivity contribution in [2.45, 2.75) is 20.0 Å². The van der Waals surface area contributed by atoms with Gasteiger partial charge in [0.25, 0.3) is 0 Å². The predicted octanol–water partition coefficient (Wildman–Crippen LogP) is 2.66. The monoisotopic (exact) mass is 257 g/mol. The Morgan fingerprint density at radius 2 is 2.37 bits per heavy atom. The lowest BCUT2D eigenvalue weighted by Gasteiger charge is -2.18. The van der Waals surface area contributed by atoms with Crippen molar-refractivity contribution in [2.75, 3.05) is 6.61 Å². The van der Waals surface area contributed by atoms with Gasteiger partial charge in [-0.2, -0.15) is 0 Å². The van der Waals surface area contributed by atoms with Gasteiger partial charge in [-0.05, 0) is 37.6 Å². The summed E-state index contributed by atoms with van der Waals surface area (Å²) < 4.78 is 7.45. The number of carbonyl (C=O) groups is 1. The highest BCUT2D eigenvalue weighted by Crippen LogP contribution is 2.26. The molecule has 0 spiro atoms. The molecule has 1 atom stereocenters. The first-order chi connectivity index (χ1) is 9.06. The summed E-state index contributed by atoms with van der Waals surface area (Å²) in [4.78, 5) is 11.3. The molecule has 0 radical (unpaired) electrons. The molecule has 98 valence electrons. The van der Waals surface area contributed by atoms with Crippen LogP contribution in [0.2, 0.25) is 0 Å². The van der Waals surface area contributed by atoms with E-state index >= 15 is 0 Å². The molecule has 2 aromatic heterocycles. The number of ether oxygens (including phenoxy) is 1. The fraction of sp³-hybridized carbons (Fsp3) is 0.267. The molecule has 1 N–H and O–H groups in total. The third-order valence-electron chi connectivity index (χ3n) is 3.15. The Morgan fingerprint density at radius 3 is 3.00 bits per heavy atom. The Labute approximate surface area is 111 Å². The number of rotatable bonds is 4. The van der Waals surface area contributed by atoms with Crippen LogP contribution in [0.1, 0.15) is 34.6 Å². The molecule has 4 nitrogen and oxygen atoms in total. The largest absolute Gasteiger partial charge is 0.478 e. The van der Waals surface area contributed by atoms with Crippen LogP contribution in [0.25, 0.3) is 5.52 Å². The minimum Gasteiger partial charge on any atom is -0.478 e. The summed E-state index contributed by atoms with van der Waals surface area (Å²) in [5.41, 5.74) is 2.63. The van der Waals surface area contributed by atoms with Crippen molar-refractivity contribution in [3.63, 3.8) is 0 Å². The normalized spacial score (nSPS) is 12.3. The number of fused-ring (bicyclic) bond motifs is 1. The number of terminal acetylenes is 1. The molecule has 0 aliphatic carbocycles. The second-order valence-electron chi connectivity index (χ2n) is 4.33. The Kier molecular flexibility index (Phi) is 3.59. The molecule has 0 saturated heterocycles. The van der Waals surface area contributed by atoms with E-state index in [0.717, 1.165) is 11.2 Å². The molecule has 1 unspecified atom stereocenters. The van der Waals surface area contributed by atoms with Crippen LogP contribution < -0.4 is 0 Å². The number of aromatic nitrogens is 1. The van der Waals surface area contributed by atoms with Gasteiger partial charge in [-0.25, -0.2) is 4.79 Å². The van der Waals surface area contributed by atoms with Crippen LogP contribution in [0.4, 0.5) is 0 Å². The van der Waals surface area contributed by atoms with Crippen molar-refractivity contribution in [2.24, 2.45) is 0 Å². The smallest absolute Gasteiger partial charge is 0.336 e. The van der Waals surface area contributed by atoms with Crippen molar-refractivity contribution in [3.05, 3.63) is 41.2 Å². The SMILES string of the molecule is C#CCOC(C)c1c(C)c(C(=O)O)cc2cccn12. The maximum absolute atomic E-state index is 11.3. The molecule has 0 aliphatic rings. The minimum absolute atomic E-state index is 0.195. The molecular formula is C15H15NO3. The summed E-state index contributed by atoms with van der Waals surface area (Å²) >= 11 is 0. The number of carboxylic acids is 1. The number of hydrogen-bond donors (Lipinski definition) is 1. The number of carboxylic acid groups (broad SMARTS) is 1. The van der Waals surface area contributed by atoms with Gasteiger partial charge in [0.2, 0.25) is 0 Å². The fourth-order valence-corrected chi connectivity index (χ4v) is 2.28. The van der Waals surface area contributed by atoms with E-state index in [1.165, 1.54) is 0 Å². The first-order valence-electron chi connectivity index (χ1n) is 5.95. The molecule has 2 rings (SSSR count). The van der Waals surface area contributed by atoms with Gasteiger partial charge in [0.1, 0.15) is 6.61 Å². The van der Waals surface area contributed by atoms with Gasteiger partial charge >= 0.3 is 5.97 Å². The van der Waals surface area contributed by atoms with Crippen LogP contribution in [-0.2, 0) is 4.74 Å². The second-order valence-corrected chi connectivity index (χ2v) is 4.33. The average Bonchev–Trinajstić information content (AvgIpc) is 2.82. The van der Waals surface area contributed by atoms with Gasteiger partial charge in [-0.3, -0.25) is 0 Å². The van der Waals surface area contributed by atoms with Crippen LogP contribution in [-0.4, -0.2) is 22.1 Å². The van der Waals surface area contributed by atoms with Crippen LogP contribution in [0.15, 0.2) is 24.4 Å². The number of nitrogens with zero attached hydrogens (tertiary/aromatic N) is 1. The zero-order valence-electron chi connectivity index (χ0n) is 10.9. The number of pyridine rings is 1. The fourth-order valence-electron chi connectivity index (χ4n) is 2.28. The first-order valence-corrected chi connectivity index (χ1v) is 5.95. The predicted molar refractivity (Wildman–Crippen MR) is 72.3 cm³/mol. The Morgan fingerprint density at radius 1 is 1.63 bits per heavy atom. The highest BCUT2D eigenvalue weighted by atomic mass is 16.5. The zero-order chi connectivity index (χ0) is 14.0. The van der Waals surface area contributed by atoms with Gasteiger partial charge in [-0.15, -0.1) is 6.42 Å². The van der Waals surface area contributed by atoms with Gasteiger partial charge in [0.05, 0.1) is 17.4 Å². The number of hydrogen-bond acceptors (Lipinski definition) is 2. The molecule has 0 amide bonds. The molecule has 19 heavy (non-hydrogen) atoms. The van der Waals surface area contributed by atoms with E-state index in [2.05, 4.69) is 5.92 Å². The van der Waals surface area contributed by atoms with Crippen molar-refractivity contribution in [1.29, 1.82) is 0 Å². The van der Waals surface area contributed by atoms with Crippen molar-refractivity contribution in [1.82, 2.24) is 4.40 Å². The van der Waals surface area contributed by atoms with Crippen molar-refractivity contribution in [3.8, 4) is 12.3 Å². The van der Waals surface area contributed by atoms with Crippen molar-refractivity contribution < 1.29 is 14.6 Å². The molecule has 0 saturated carbocycles. The van der Waals surface area contributed by atoms with Gasteiger partial charge in [-0.1, -0.05) is 5.92 Å². The second kappa shape index (κ2) is 5.17. The van der Waals surface area contributed by atoms with Crippen LogP contribution in [0.3, 0.4) is 0 Å². The van der Waals surface area contributed by atoms with Gasteiger partial charge < -0.3 is 14.2 Å². The molecule has 2 aromatic rings. The Hall–Kier alpha value is -2.25.